The number of carbonyl (C=O) groups excluding carboxylic acids is 2. The third-order valence-electron chi connectivity index (χ3n) is 6.19. The Morgan fingerprint density at radius 2 is 1.63 bits per heavy atom. The van der Waals surface area contributed by atoms with Crippen molar-refractivity contribution in [3.8, 4) is 11.1 Å². The molecule has 0 spiro atoms. The van der Waals surface area contributed by atoms with Crippen molar-refractivity contribution < 1.29 is 14.3 Å². The van der Waals surface area contributed by atoms with Crippen molar-refractivity contribution in [3.63, 3.8) is 0 Å². The van der Waals surface area contributed by atoms with Crippen molar-refractivity contribution >= 4 is 29.2 Å². The van der Waals surface area contributed by atoms with Gasteiger partial charge in [0, 0.05) is 16.3 Å². The van der Waals surface area contributed by atoms with E-state index in [1.165, 1.54) is 12.7 Å². The van der Waals surface area contributed by atoms with E-state index in [0.717, 1.165) is 44.9 Å². The van der Waals surface area contributed by atoms with Gasteiger partial charge in [-0.2, -0.15) is 0 Å². The SMILES string of the molecule is CCC(Nc1cccc(-c2cc(C)c(C(=O)NC(C)C(=O)OC)c(C)c2)c1)c1ccc(Cl)c(C)c1. The van der Waals surface area contributed by atoms with Crippen LogP contribution in [0.5, 0.6) is 0 Å². The maximum atomic E-state index is 12.8. The summed E-state index contributed by atoms with van der Waals surface area (Å²) in [6, 6.07) is 17.9. The number of aryl methyl sites for hydroxylation is 3. The number of anilines is 1. The molecular formula is C29H33ClN2O3. The minimum absolute atomic E-state index is 0.160. The minimum Gasteiger partial charge on any atom is -0.467 e. The first kappa shape index (κ1) is 26.3. The molecule has 0 aliphatic heterocycles. The Hall–Kier alpha value is -3.31. The summed E-state index contributed by atoms with van der Waals surface area (Å²) in [5.41, 5.74) is 7.62. The van der Waals surface area contributed by atoms with Crippen molar-refractivity contribution in [1.29, 1.82) is 0 Å². The van der Waals surface area contributed by atoms with E-state index in [1.54, 1.807) is 6.92 Å². The Labute approximate surface area is 212 Å². The van der Waals surface area contributed by atoms with E-state index in [2.05, 4.69) is 47.9 Å². The van der Waals surface area contributed by atoms with Gasteiger partial charge in [-0.1, -0.05) is 54.9 Å². The van der Waals surface area contributed by atoms with Gasteiger partial charge in [0.15, 0.2) is 0 Å². The van der Waals surface area contributed by atoms with Crippen LogP contribution in [0.4, 0.5) is 5.69 Å². The van der Waals surface area contributed by atoms with Crippen LogP contribution in [-0.4, -0.2) is 25.0 Å². The summed E-state index contributed by atoms with van der Waals surface area (Å²) >= 11 is 6.21. The van der Waals surface area contributed by atoms with Gasteiger partial charge in [-0.15, -0.1) is 0 Å². The first-order valence-corrected chi connectivity index (χ1v) is 12.1. The Morgan fingerprint density at radius 3 is 2.23 bits per heavy atom. The van der Waals surface area contributed by atoms with Crippen LogP contribution >= 0.6 is 11.6 Å². The van der Waals surface area contributed by atoms with Crippen molar-refractivity contribution in [3.05, 3.63) is 87.4 Å². The highest BCUT2D eigenvalue weighted by Gasteiger charge is 2.20. The fourth-order valence-corrected chi connectivity index (χ4v) is 4.41. The van der Waals surface area contributed by atoms with Crippen molar-refractivity contribution in [2.24, 2.45) is 0 Å². The van der Waals surface area contributed by atoms with Crippen LogP contribution in [0, 0.1) is 20.8 Å². The summed E-state index contributed by atoms with van der Waals surface area (Å²) in [6.07, 6.45) is 0.928. The average Bonchev–Trinajstić information content (AvgIpc) is 2.83. The standard InChI is InChI=1S/C29H33ClN2O3/c1-7-26(22-11-12-25(30)17(2)13-22)32-24-10-8-9-21(16-24)23-14-18(3)27(19(4)15-23)28(33)31-20(5)29(34)35-6/h8-16,20,26,32H,7H2,1-6H3,(H,31,33). The lowest BCUT2D eigenvalue weighted by atomic mass is 9.94. The highest BCUT2D eigenvalue weighted by atomic mass is 35.5. The molecule has 2 N–H and O–H groups in total. The van der Waals surface area contributed by atoms with E-state index >= 15 is 0 Å². The highest BCUT2D eigenvalue weighted by molar-refractivity contribution is 6.31. The number of amides is 1. The van der Waals surface area contributed by atoms with Crippen LogP contribution in [0.3, 0.4) is 0 Å². The monoisotopic (exact) mass is 492 g/mol. The molecule has 2 unspecified atom stereocenters. The van der Waals surface area contributed by atoms with Crippen LogP contribution in [0.25, 0.3) is 11.1 Å². The quantitative estimate of drug-likeness (QED) is 0.340. The minimum atomic E-state index is -0.718. The van der Waals surface area contributed by atoms with Gasteiger partial charge in [-0.05, 0) is 85.7 Å². The van der Waals surface area contributed by atoms with Crippen molar-refractivity contribution in [1.82, 2.24) is 5.32 Å². The van der Waals surface area contributed by atoms with Crippen LogP contribution in [0.2, 0.25) is 5.02 Å². The number of ether oxygens (including phenoxy) is 1. The zero-order valence-electron chi connectivity index (χ0n) is 21.2. The normalized spacial score (nSPS) is 12.5. The Kier molecular flexibility index (Phi) is 8.57. The third kappa shape index (κ3) is 6.23. The van der Waals surface area contributed by atoms with Crippen molar-refractivity contribution in [2.45, 2.75) is 53.1 Å². The molecule has 0 saturated heterocycles. The van der Waals surface area contributed by atoms with Crippen molar-refractivity contribution in [2.75, 3.05) is 12.4 Å². The van der Waals surface area contributed by atoms with Gasteiger partial charge in [-0.25, -0.2) is 4.79 Å². The molecule has 35 heavy (non-hydrogen) atoms. The molecule has 184 valence electrons. The van der Waals surface area contributed by atoms with Gasteiger partial charge in [0.2, 0.25) is 0 Å². The summed E-state index contributed by atoms with van der Waals surface area (Å²) in [6.45, 7) is 9.60. The van der Waals surface area contributed by atoms with Crippen LogP contribution in [0.1, 0.15) is 58.9 Å². The van der Waals surface area contributed by atoms with Crippen LogP contribution in [-0.2, 0) is 9.53 Å². The number of benzene rings is 3. The number of halogens is 1. The number of methoxy groups -OCH3 is 1. The highest BCUT2D eigenvalue weighted by Crippen LogP contribution is 2.30. The zero-order chi connectivity index (χ0) is 25.7. The maximum Gasteiger partial charge on any atom is 0.328 e. The van der Waals surface area contributed by atoms with Crippen LogP contribution < -0.4 is 10.6 Å². The van der Waals surface area contributed by atoms with E-state index in [-0.39, 0.29) is 11.9 Å². The molecule has 3 aromatic carbocycles. The predicted molar refractivity (Wildman–Crippen MR) is 143 cm³/mol. The fraction of sp³-hybridized carbons (Fsp3) is 0.310. The summed E-state index contributed by atoms with van der Waals surface area (Å²) in [7, 11) is 1.30. The molecule has 0 aliphatic carbocycles. The lowest BCUT2D eigenvalue weighted by Crippen LogP contribution is -2.39. The number of nitrogens with one attached hydrogen (secondary N) is 2. The Morgan fingerprint density at radius 1 is 0.943 bits per heavy atom. The molecule has 0 aliphatic rings. The van der Waals surface area contributed by atoms with E-state index in [9.17, 15) is 9.59 Å². The fourth-order valence-electron chi connectivity index (χ4n) is 4.29. The Bertz CT molecular complexity index is 1220. The number of rotatable bonds is 8. The molecule has 1 amide bonds. The molecule has 0 heterocycles. The van der Waals surface area contributed by atoms with Gasteiger partial charge in [0.1, 0.15) is 6.04 Å². The van der Waals surface area contributed by atoms with Gasteiger partial charge >= 0.3 is 5.97 Å². The summed E-state index contributed by atoms with van der Waals surface area (Å²) in [5, 5.41) is 7.13. The second-order valence-electron chi connectivity index (χ2n) is 8.90. The first-order chi connectivity index (χ1) is 16.6. The molecular weight excluding hydrogens is 460 g/mol. The lowest BCUT2D eigenvalue weighted by molar-refractivity contribution is -0.142. The van der Waals surface area contributed by atoms with E-state index in [1.807, 2.05) is 45.0 Å². The number of hydrogen-bond acceptors (Lipinski definition) is 4. The molecule has 2 atom stereocenters. The number of hydrogen-bond donors (Lipinski definition) is 2. The van der Waals surface area contributed by atoms with Gasteiger partial charge < -0.3 is 15.4 Å². The molecule has 3 aromatic rings. The zero-order valence-corrected chi connectivity index (χ0v) is 21.9. The summed E-state index contributed by atoms with van der Waals surface area (Å²) < 4.78 is 4.71. The Balaban J connectivity index is 1.85. The third-order valence-corrected chi connectivity index (χ3v) is 6.62. The largest absolute Gasteiger partial charge is 0.467 e. The second kappa shape index (κ2) is 11.4. The van der Waals surface area contributed by atoms with E-state index < -0.39 is 12.0 Å². The number of carbonyl (C=O) groups is 2. The smallest absolute Gasteiger partial charge is 0.328 e. The molecule has 6 heteroatoms. The van der Waals surface area contributed by atoms with Gasteiger partial charge in [-0.3, -0.25) is 4.79 Å². The van der Waals surface area contributed by atoms with Gasteiger partial charge in [0.05, 0.1) is 13.2 Å². The average molecular weight is 493 g/mol. The van der Waals surface area contributed by atoms with E-state index in [0.29, 0.717) is 5.56 Å². The number of esters is 1. The lowest BCUT2D eigenvalue weighted by Gasteiger charge is -2.20. The first-order valence-electron chi connectivity index (χ1n) is 11.8. The van der Waals surface area contributed by atoms with Gasteiger partial charge in [0.25, 0.3) is 5.91 Å². The van der Waals surface area contributed by atoms with Crippen LogP contribution in [0.15, 0.2) is 54.6 Å². The molecule has 0 saturated carbocycles. The molecule has 3 rings (SSSR count). The van der Waals surface area contributed by atoms with E-state index in [4.69, 9.17) is 16.3 Å². The molecule has 0 aromatic heterocycles. The molecule has 0 radical (unpaired) electrons. The molecule has 5 nitrogen and oxygen atoms in total. The summed E-state index contributed by atoms with van der Waals surface area (Å²) in [4.78, 5) is 24.5. The summed E-state index contributed by atoms with van der Waals surface area (Å²) in [5.74, 6) is -0.766. The molecule has 0 fully saturated rings. The topological polar surface area (TPSA) is 67.4 Å². The molecule has 0 bridgehead atoms. The second-order valence-corrected chi connectivity index (χ2v) is 9.31. The predicted octanol–water partition coefficient (Wildman–Crippen LogP) is 6.79. The maximum absolute atomic E-state index is 12.8.